The van der Waals surface area contributed by atoms with Crippen LogP contribution in [-0.4, -0.2) is 15.9 Å². The molecule has 3 heterocycles. The quantitative estimate of drug-likeness (QED) is 0.779. The third-order valence-corrected chi connectivity index (χ3v) is 4.49. The van der Waals surface area contributed by atoms with Crippen LogP contribution in [-0.2, 0) is 0 Å². The fourth-order valence-electron chi connectivity index (χ4n) is 2.50. The van der Waals surface area contributed by atoms with Gasteiger partial charge < -0.3 is 9.73 Å². The first-order chi connectivity index (χ1) is 11.0. The molecule has 3 rings (SSSR count). The third kappa shape index (κ3) is 3.03. The Balaban J connectivity index is 1.90. The molecule has 0 fully saturated rings. The zero-order valence-electron chi connectivity index (χ0n) is 13.4. The number of carbonyl (C=O) groups is 1. The highest BCUT2D eigenvalue weighted by atomic mass is 32.1. The summed E-state index contributed by atoms with van der Waals surface area (Å²) in [6, 6.07) is 5.58. The molecule has 3 aromatic heterocycles. The van der Waals surface area contributed by atoms with Crippen molar-refractivity contribution in [2.75, 3.05) is 5.32 Å². The van der Waals surface area contributed by atoms with Gasteiger partial charge in [0.2, 0.25) is 0 Å². The van der Waals surface area contributed by atoms with Gasteiger partial charge in [-0.1, -0.05) is 0 Å². The van der Waals surface area contributed by atoms with Gasteiger partial charge in [-0.05, 0) is 51.5 Å². The lowest BCUT2D eigenvalue weighted by Gasteiger charge is -2.11. The minimum absolute atomic E-state index is 0.228. The van der Waals surface area contributed by atoms with E-state index in [9.17, 15) is 4.79 Å². The number of amides is 1. The number of nitrogens with zero attached hydrogens (tertiary/aromatic N) is 2. The first kappa shape index (κ1) is 15.4. The highest BCUT2D eigenvalue weighted by Crippen LogP contribution is 2.29. The van der Waals surface area contributed by atoms with Crippen LogP contribution in [0, 0.1) is 27.7 Å². The number of hydrogen-bond acceptors (Lipinski definition) is 5. The summed E-state index contributed by atoms with van der Waals surface area (Å²) in [6.07, 6.45) is 1.59. The normalized spacial score (nSPS) is 10.8. The summed E-state index contributed by atoms with van der Waals surface area (Å²) in [5.41, 5.74) is 3.88. The van der Waals surface area contributed by atoms with Gasteiger partial charge in [-0.25, -0.2) is 4.98 Å². The average molecular weight is 327 g/mol. The van der Waals surface area contributed by atoms with Crippen LogP contribution >= 0.6 is 11.3 Å². The summed E-state index contributed by atoms with van der Waals surface area (Å²) in [6.45, 7) is 7.66. The second-order valence-electron chi connectivity index (χ2n) is 5.40. The van der Waals surface area contributed by atoms with E-state index in [-0.39, 0.29) is 5.91 Å². The molecule has 0 aliphatic heterocycles. The number of pyridine rings is 1. The maximum absolute atomic E-state index is 12.6. The van der Waals surface area contributed by atoms with Crippen molar-refractivity contribution in [1.29, 1.82) is 0 Å². The van der Waals surface area contributed by atoms with E-state index < -0.39 is 0 Å². The number of aryl methyl sites for hydroxylation is 4. The molecule has 0 unspecified atom stereocenters. The first-order valence-corrected chi connectivity index (χ1v) is 8.05. The summed E-state index contributed by atoms with van der Waals surface area (Å²) in [5.74, 6) is 0.440. The molecule has 0 bridgehead atoms. The minimum Gasteiger partial charge on any atom is -0.462 e. The first-order valence-electron chi connectivity index (χ1n) is 7.23. The van der Waals surface area contributed by atoms with Crippen molar-refractivity contribution < 1.29 is 9.21 Å². The largest absolute Gasteiger partial charge is 0.462 e. The second kappa shape index (κ2) is 5.96. The Kier molecular flexibility index (Phi) is 4.00. The molecular formula is C17H17N3O2S. The Morgan fingerprint density at radius 3 is 2.65 bits per heavy atom. The van der Waals surface area contributed by atoms with Crippen molar-refractivity contribution in [1.82, 2.24) is 9.97 Å². The van der Waals surface area contributed by atoms with E-state index in [0.29, 0.717) is 16.5 Å². The van der Waals surface area contributed by atoms with Gasteiger partial charge in [0, 0.05) is 10.6 Å². The number of hydrogen-bond donors (Lipinski definition) is 1. The van der Waals surface area contributed by atoms with E-state index in [1.807, 2.05) is 39.8 Å². The molecule has 0 atom stereocenters. The second-order valence-corrected chi connectivity index (χ2v) is 6.60. The fraction of sp³-hybridized carbons (Fsp3) is 0.235. The molecule has 0 spiro atoms. The summed E-state index contributed by atoms with van der Waals surface area (Å²) in [4.78, 5) is 22.3. The molecule has 1 N–H and O–H groups in total. The average Bonchev–Trinajstić information content (AvgIpc) is 3.11. The van der Waals surface area contributed by atoms with Gasteiger partial charge in [0.15, 0.2) is 10.8 Å². The Labute approximate surface area is 138 Å². The monoisotopic (exact) mass is 327 g/mol. The lowest BCUT2D eigenvalue weighted by Crippen LogP contribution is -2.16. The van der Waals surface area contributed by atoms with Gasteiger partial charge in [0.1, 0.15) is 5.69 Å². The summed E-state index contributed by atoms with van der Waals surface area (Å²) >= 11 is 1.44. The number of furan rings is 1. The molecule has 0 saturated heterocycles. The highest BCUT2D eigenvalue weighted by Gasteiger charge is 2.19. The van der Waals surface area contributed by atoms with Crippen molar-refractivity contribution in [2.24, 2.45) is 0 Å². The fourth-order valence-corrected chi connectivity index (χ4v) is 3.38. The van der Waals surface area contributed by atoms with Crippen LogP contribution in [0.4, 0.5) is 5.69 Å². The predicted molar refractivity (Wildman–Crippen MR) is 91.0 cm³/mol. The molecule has 5 nitrogen and oxygen atoms in total. The zero-order chi connectivity index (χ0) is 16.6. The molecule has 1 amide bonds. The van der Waals surface area contributed by atoms with Gasteiger partial charge in [-0.15, -0.1) is 11.3 Å². The predicted octanol–water partition coefficient (Wildman–Crippen LogP) is 4.28. The van der Waals surface area contributed by atoms with Gasteiger partial charge in [-0.2, -0.15) is 0 Å². The molecule has 0 radical (unpaired) electrons. The molecular weight excluding hydrogens is 310 g/mol. The van der Waals surface area contributed by atoms with Gasteiger partial charge in [0.25, 0.3) is 5.91 Å². The Bertz CT molecular complexity index is 843. The molecule has 3 aromatic rings. The van der Waals surface area contributed by atoms with Gasteiger partial charge in [-0.3, -0.25) is 9.78 Å². The number of aromatic nitrogens is 2. The topological polar surface area (TPSA) is 68.0 Å². The molecule has 0 aromatic carbocycles. The van der Waals surface area contributed by atoms with E-state index in [1.54, 1.807) is 12.3 Å². The Hall–Kier alpha value is -2.47. The number of anilines is 1. The summed E-state index contributed by atoms with van der Waals surface area (Å²) in [5, 5.41) is 3.64. The smallest absolute Gasteiger partial charge is 0.275 e. The zero-order valence-corrected chi connectivity index (χ0v) is 14.2. The van der Waals surface area contributed by atoms with Crippen LogP contribution in [0.25, 0.3) is 10.8 Å². The summed E-state index contributed by atoms with van der Waals surface area (Å²) < 4.78 is 5.34. The van der Waals surface area contributed by atoms with Crippen LogP contribution in [0.1, 0.15) is 32.3 Å². The molecule has 0 aliphatic carbocycles. The Morgan fingerprint density at radius 1 is 1.22 bits per heavy atom. The van der Waals surface area contributed by atoms with Crippen LogP contribution in [0.3, 0.4) is 0 Å². The molecule has 0 aliphatic rings. The number of carbonyl (C=O) groups excluding carboxylic acids is 1. The van der Waals surface area contributed by atoms with Crippen molar-refractivity contribution in [3.8, 4) is 10.8 Å². The molecule has 23 heavy (non-hydrogen) atoms. The Morgan fingerprint density at radius 2 is 2.00 bits per heavy atom. The van der Waals surface area contributed by atoms with Crippen molar-refractivity contribution in [3.63, 3.8) is 0 Å². The van der Waals surface area contributed by atoms with E-state index in [4.69, 9.17) is 4.42 Å². The minimum atomic E-state index is -0.228. The van der Waals surface area contributed by atoms with Crippen LogP contribution in [0.2, 0.25) is 0 Å². The van der Waals surface area contributed by atoms with Crippen molar-refractivity contribution in [3.05, 3.63) is 52.0 Å². The van der Waals surface area contributed by atoms with E-state index in [0.717, 1.165) is 27.5 Å². The third-order valence-electron chi connectivity index (χ3n) is 3.51. The van der Waals surface area contributed by atoms with Crippen molar-refractivity contribution >= 4 is 22.9 Å². The molecule has 118 valence electrons. The highest BCUT2D eigenvalue weighted by molar-refractivity contribution is 7.15. The molecule has 6 heteroatoms. The standard InChI is InChI=1S/C17H17N3O2S/c1-9-8-10(2)18-11(3)14(9)19-16(21)15-12(4)23-17(20-15)13-6-5-7-22-13/h5-8H,1-4H3,(H,19,21). The number of rotatable bonds is 3. The van der Waals surface area contributed by atoms with Gasteiger partial charge >= 0.3 is 0 Å². The lowest BCUT2D eigenvalue weighted by molar-refractivity contribution is 0.102. The number of thiazole rings is 1. The molecule has 0 saturated carbocycles. The van der Waals surface area contributed by atoms with E-state index in [2.05, 4.69) is 15.3 Å². The summed E-state index contributed by atoms with van der Waals surface area (Å²) in [7, 11) is 0. The van der Waals surface area contributed by atoms with E-state index in [1.165, 1.54) is 11.3 Å². The number of nitrogens with one attached hydrogen (secondary N) is 1. The van der Waals surface area contributed by atoms with Crippen LogP contribution in [0.15, 0.2) is 28.9 Å². The maximum Gasteiger partial charge on any atom is 0.275 e. The van der Waals surface area contributed by atoms with E-state index >= 15 is 0 Å². The van der Waals surface area contributed by atoms with Crippen LogP contribution < -0.4 is 5.32 Å². The van der Waals surface area contributed by atoms with Crippen molar-refractivity contribution in [2.45, 2.75) is 27.7 Å². The van der Waals surface area contributed by atoms with Crippen LogP contribution in [0.5, 0.6) is 0 Å². The lowest BCUT2D eigenvalue weighted by atomic mass is 10.1. The van der Waals surface area contributed by atoms with Gasteiger partial charge in [0.05, 0.1) is 17.6 Å². The maximum atomic E-state index is 12.6. The SMILES string of the molecule is Cc1cc(C)c(NC(=O)c2nc(-c3ccco3)sc2C)c(C)n1.